The minimum atomic E-state index is -0.765. The number of piperidine rings is 1. The normalized spacial score (nSPS) is 17.2. The Morgan fingerprint density at radius 1 is 1.27 bits per heavy atom. The molecule has 3 aromatic rings. The number of nitrogen functional groups attached to an aromatic ring is 1. The molecule has 0 radical (unpaired) electrons. The Labute approximate surface area is 152 Å². The van der Waals surface area contributed by atoms with E-state index in [1.165, 1.54) is 0 Å². The van der Waals surface area contributed by atoms with Crippen LogP contribution in [0.15, 0.2) is 24.3 Å². The molecule has 4 N–H and O–H groups in total. The molecule has 138 valence electrons. The van der Waals surface area contributed by atoms with Crippen LogP contribution in [-0.2, 0) is 17.9 Å². The smallest absolute Gasteiger partial charge is 0.152 e. The lowest BCUT2D eigenvalue weighted by molar-refractivity contribution is -0.00631. The molecular formula is C19H25N5O2. The molecule has 0 atom stereocenters. The lowest BCUT2D eigenvalue weighted by Gasteiger charge is -2.33. The summed E-state index contributed by atoms with van der Waals surface area (Å²) in [5, 5.41) is 15.4. The van der Waals surface area contributed by atoms with Gasteiger partial charge in [0.15, 0.2) is 5.82 Å². The van der Waals surface area contributed by atoms with E-state index in [1.807, 2.05) is 31.2 Å². The maximum Gasteiger partial charge on any atom is 0.152 e. The van der Waals surface area contributed by atoms with Gasteiger partial charge in [0.1, 0.15) is 17.9 Å². The largest absolute Gasteiger partial charge is 0.388 e. The molecule has 1 aliphatic heterocycles. The molecule has 0 saturated carbocycles. The van der Waals surface area contributed by atoms with Crippen molar-refractivity contribution in [3.63, 3.8) is 0 Å². The van der Waals surface area contributed by atoms with Gasteiger partial charge >= 0.3 is 0 Å². The summed E-state index contributed by atoms with van der Waals surface area (Å²) in [5.74, 6) is 1.19. The van der Waals surface area contributed by atoms with Gasteiger partial charge in [0, 0.05) is 12.0 Å². The van der Waals surface area contributed by atoms with Crippen molar-refractivity contribution in [3.05, 3.63) is 30.1 Å². The number of aliphatic hydroxyl groups is 1. The topological polar surface area (TPSA) is 98.2 Å². The Morgan fingerprint density at radius 3 is 2.81 bits per heavy atom. The molecule has 3 heterocycles. The van der Waals surface area contributed by atoms with Gasteiger partial charge in [0.05, 0.1) is 23.2 Å². The number of nitrogens with one attached hydrogen (secondary N) is 1. The molecule has 0 amide bonds. The van der Waals surface area contributed by atoms with Crippen molar-refractivity contribution in [2.75, 3.05) is 25.4 Å². The van der Waals surface area contributed by atoms with Crippen LogP contribution < -0.4 is 11.1 Å². The van der Waals surface area contributed by atoms with Gasteiger partial charge in [-0.15, -0.1) is 0 Å². The number of anilines is 1. The Bertz CT molecular complexity index is 930. The van der Waals surface area contributed by atoms with E-state index in [1.54, 1.807) is 0 Å². The highest BCUT2D eigenvalue weighted by Gasteiger charge is 2.31. The van der Waals surface area contributed by atoms with Crippen molar-refractivity contribution < 1.29 is 9.84 Å². The number of ether oxygens (including phenoxy) is 1. The number of hydrogen-bond acceptors (Lipinski definition) is 6. The van der Waals surface area contributed by atoms with Crippen LogP contribution in [-0.4, -0.2) is 44.9 Å². The van der Waals surface area contributed by atoms with Gasteiger partial charge in [0.25, 0.3) is 0 Å². The lowest BCUT2D eigenvalue weighted by Crippen LogP contribution is -2.45. The number of aromatic nitrogens is 3. The molecule has 1 saturated heterocycles. The van der Waals surface area contributed by atoms with Crippen molar-refractivity contribution in [3.8, 4) is 0 Å². The Hall–Kier alpha value is -2.22. The highest BCUT2D eigenvalue weighted by Crippen LogP contribution is 2.31. The number of nitrogens with zero attached hydrogens (tertiary/aromatic N) is 3. The summed E-state index contributed by atoms with van der Waals surface area (Å²) in [7, 11) is 0. The molecule has 1 aliphatic rings. The van der Waals surface area contributed by atoms with Gasteiger partial charge in [0.2, 0.25) is 0 Å². The van der Waals surface area contributed by atoms with Gasteiger partial charge in [-0.05, 0) is 38.9 Å². The average Bonchev–Trinajstić information content (AvgIpc) is 2.99. The van der Waals surface area contributed by atoms with E-state index < -0.39 is 5.60 Å². The number of para-hydroxylation sites is 1. The number of pyridine rings is 1. The molecule has 1 aromatic carbocycles. The van der Waals surface area contributed by atoms with Gasteiger partial charge in [-0.3, -0.25) is 0 Å². The Morgan fingerprint density at radius 2 is 2.04 bits per heavy atom. The van der Waals surface area contributed by atoms with Crippen molar-refractivity contribution >= 4 is 27.8 Å². The number of hydrogen-bond donors (Lipinski definition) is 3. The highest BCUT2D eigenvalue weighted by molar-refractivity contribution is 6.06. The highest BCUT2D eigenvalue weighted by atomic mass is 16.5. The summed E-state index contributed by atoms with van der Waals surface area (Å²) >= 11 is 0. The van der Waals surface area contributed by atoms with Crippen molar-refractivity contribution in [2.45, 2.75) is 38.5 Å². The first-order valence-electron chi connectivity index (χ1n) is 9.15. The second kappa shape index (κ2) is 6.83. The van der Waals surface area contributed by atoms with Crippen LogP contribution in [0.25, 0.3) is 21.9 Å². The minimum Gasteiger partial charge on any atom is -0.388 e. The summed E-state index contributed by atoms with van der Waals surface area (Å²) in [6.07, 6.45) is 1.42. The Balaban J connectivity index is 1.91. The fourth-order valence-electron chi connectivity index (χ4n) is 3.72. The number of imidazole rings is 1. The van der Waals surface area contributed by atoms with E-state index in [0.717, 1.165) is 35.3 Å². The van der Waals surface area contributed by atoms with Crippen LogP contribution in [0.3, 0.4) is 0 Å². The van der Waals surface area contributed by atoms with E-state index in [2.05, 4.69) is 14.9 Å². The second-order valence-corrected chi connectivity index (χ2v) is 6.94. The van der Waals surface area contributed by atoms with Crippen LogP contribution in [0.2, 0.25) is 0 Å². The molecule has 0 spiro atoms. The summed E-state index contributed by atoms with van der Waals surface area (Å²) in [6.45, 7) is 5.04. The predicted molar refractivity (Wildman–Crippen MR) is 102 cm³/mol. The van der Waals surface area contributed by atoms with Crippen molar-refractivity contribution in [1.82, 2.24) is 19.9 Å². The zero-order chi connectivity index (χ0) is 18.1. The molecular weight excluding hydrogens is 330 g/mol. The SMILES string of the molecule is CCOCc1nc2c(N)nc3ccccc3c2n1CC1(O)CCNCC1. The van der Waals surface area contributed by atoms with Gasteiger partial charge in [-0.2, -0.15) is 0 Å². The fraction of sp³-hybridized carbons (Fsp3) is 0.474. The summed E-state index contributed by atoms with van der Waals surface area (Å²) in [6, 6.07) is 7.91. The molecule has 2 aromatic heterocycles. The van der Waals surface area contributed by atoms with E-state index in [4.69, 9.17) is 15.5 Å². The lowest BCUT2D eigenvalue weighted by atomic mass is 9.92. The van der Waals surface area contributed by atoms with E-state index in [-0.39, 0.29) is 0 Å². The van der Waals surface area contributed by atoms with Crippen molar-refractivity contribution in [2.24, 2.45) is 0 Å². The second-order valence-electron chi connectivity index (χ2n) is 6.94. The standard InChI is InChI=1S/C19H25N5O2/c1-2-26-11-15-23-16-17(13-5-3-4-6-14(13)22-18(16)20)24(15)12-19(25)7-9-21-10-8-19/h3-6,21,25H,2,7-12H2,1H3,(H2,20,22). The van der Waals surface area contributed by atoms with E-state index >= 15 is 0 Å². The molecule has 0 aliphatic carbocycles. The number of fused-ring (bicyclic) bond motifs is 3. The van der Waals surface area contributed by atoms with E-state index in [9.17, 15) is 5.11 Å². The number of benzene rings is 1. The molecule has 0 unspecified atom stereocenters. The van der Waals surface area contributed by atoms with Gasteiger partial charge < -0.3 is 25.5 Å². The number of nitrogens with two attached hydrogens (primary N) is 1. The molecule has 26 heavy (non-hydrogen) atoms. The quantitative estimate of drug-likeness (QED) is 0.646. The van der Waals surface area contributed by atoms with Crippen LogP contribution in [0.4, 0.5) is 5.82 Å². The number of rotatable bonds is 5. The monoisotopic (exact) mass is 355 g/mol. The molecule has 0 bridgehead atoms. The maximum atomic E-state index is 11.1. The third-order valence-corrected chi connectivity index (χ3v) is 5.11. The first-order valence-corrected chi connectivity index (χ1v) is 9.15. The average molecular weight is 355 g/mol. The summed E-state index contributed by atoms with van der Waals surface area (Å²) in [5.41, 5.74) is 7.87. The zero-order valence-corrected chi connectivity index (χ0v) is 15.0. The molecule has 7 nitrogen and oxygen atoms in total. The first-order chi connectivity index (χ1) is 12.6. The summed E-state index contributed by atoms with van der Waals surface area (Å²) < 4.78 is 7.71. The fourth-order valence-corrected chi connectivity index (χ4v) is 3.72. The third-order valence-electron chi connectivity index (χ3n) is 5.11. The minimum absolute atomic E-state index is 0.382. The van der Waals surface area contributed by atoms with Crippen LogP contribution in [0.1, 0.15) is 25.6 Å². The molecule has 1 fully saturated rings. The van der Waals surface area contributed by atoms with Crippen molar-refractivity contribution in [1.29, 1.82) is 0 Å². The first kappa shape index (κ1) is 17.2. The molecule has 4 rings (SSSR count). The maximum absolute atomic E-state index is 11.1. The Kier molecular flexibility index (Phi) is 4.52. The van der Waals surface area contributed by atoms with Gasteiger partial charge in [-0.1, -0.05) is 18.2 Å². The van der Waals surface area contributed by atoms with Crippen LogP contribution in [0, 0.1) is 0 Å². The van der Waals surface area contributed by atoms with E-state index in [0.29, 0.717) is 43.9 Å². The van der Waals surface area contributed by atoms with Gasteiger partial charge in [-0.25, -0.2) is 9.97 Å². The predicted octanol–water partition coefficient (Wildman–Crippen LogP) is 1.82. The molecule has 7 heteroatoms. The summed E-state index contributed by atoms with van der Waals surface area (Å²) in [4.78, 5) is 9.21. The van der Waals surface area contributed by atoms with Crippen LogP contribution in [0.5, 0.6) is 0 Å². The van der Waals surface area contributed by atoms with Crippen LogP contribution >= 0.6 is 0 Å². The zero-order valence-electron chi connectivity index (χ0n) is 15.0. The third kappa shape index (κ3) is 3.02.